The molecule has 0 saturated heterocycles. The van der Waals surface area contributed by atoms with E-state index in [4.69, 9.17) is 4.74 Å². The maximum Gasteiger partial charge on any atom is 0.252 e. The molecule has 0 aliphatic carbocycles. The lowest BCUT2D eigenvalue weighted by Gasteiger charge is -2.15. The monoisotopic (exact) mass is 409 g/mol. The first-order chi connectivity index (χ1) is 14.1. The summed E-state index contributed by atoms with van der Waals surface area (Å²) in [5.74, 6) is 0.487. The van der Waals surface area contributed by atoms with E-state index in [0.717, 1.165) is 16.9 Å². The van der Waals surface area contributed by atoms with Crippen molar-refractivity contribution < 1.29 is 14.3 Å². The molecule has 7 heteroatoms. The highest BCUT2D eigenvalue weighted by molar-refractivity contribution is 7.08. The van der Waals surface area contributed by atoms with Crippen LogP contribution in [0.4, 0.5) is 0 Å². The van der Waals surface area contributed by atoms with Crippen molar-refractivity contribution in [2.24, 2.45) is 0 Å². The van der Waals surface area contributed by atoms with Crippen LogP contribution < -0.4 is 15.4 Å². The zero-order valence-corrected chi connectivity index (χ0v) is 16.9. The number of benzene rings is 1. The summed E-state index contributed by atoms with van der Waals surface area (Å²) >= 11 is 1.46. The van der Waals surface area contributed by atoms with E-state index in [2.05, 4.69) is 15.6 Å². The second-order valence-electron chi connectivity index (χ2n) is 6.53. The van der Waals surface area contributed by atoms with Gasteiger partial charge in [0.2, 0.25) is 5.91 Å². The lowest BCUT2D eigenvalue weighted by molar-refractivity contribution is -0.121. The minimum atomic E-state index is -0.158. The van der Waals surface area contributed by atoms with E-state index in [1.165, 1.54) is 11.3 Å². The maximum atomic E-state index is 12.1. The minimum Gasteiger partial charge on any atom is -0.489 e. The van der Waals surface area contributed by atoms with Gasteiger partial charge in [0.15, 0.2) is 0 Å². The van der Waals surface area contributed by atoms with Gasteiger partial charge in [-0.3, -0.25) is 14.6 Å². The topological polar surface area (TPSA) is 80.3 Å². The van der Waals surface area contributed by atoms with Gasteiger partial charge in [-0.05, 0) is 42.1 Å². The third kappa shape index (κ3) is 6.43. The van der Waals surface area contributed by atoms with Crippen molar-refractivity contribution in [3.8, 4) is 5.75 Å². The highest BCUT2D eigenvalue weighted by atomic mass is 32.1. The molecular weight excluding hydrogens is 386 g/mol. The van der Waals surface area contributed by atoms with E-state index in [9.17, 15) is 9.59 Å². The molecule has 2 N–H and O–H groups in total. The highest BCUT2D eigenvalue weighted by Gasteiger charge is 2.11. The van der Waals surface area contributed by atoms with E-state index in [1.807, 2.05) is 48.7 Å². The fraction of sp³-hybridized carbons (Fsp3) is 0.227. The molecular formula is C22H23N3O3S. The second kappa shape index (κ2) is 10.4. The Bertz CT molecular complexity index is 912. The molecule has 1 unspecified atom stereocenters. The van der Waals surface area contributed by atoms with E-state index >= 15 is 0 Å². The number of amides is 2. The molecule has 0 aliphatic rings. The molecule has 3 rings (SSSR count). The van der Waals surface area contributed by atoms with E-state index in [1.54, 1.807) is 23.8 Å². The number of aromatic nitrogens is 1. The molecule has 0 radical (unpaired) electrons. The molecule has 0 aliphatic heterocycles. The van der Waals surface area contributed by atoms with Crippen molar-refractivity contribution in [1.82, 2.24) is 15.6 Å². The molecule has 6 nitrogen and oxygen atoms in total. The van der Waals surface area contributed by atoms with Crippen LogP contribution in [-0.4, -0.2) is 23.3 Å². The van der Waals surface area contributed by atoms with Crippen molar-refractivity contribution in [1.29, 1.82) is 0 Å². The fourth-order valence-corrected chi connectivity index (χ4v) is 3.32. The quantitative estimate of drug-likeness (QED) is 0.564. The van der Waals surface area contributed by atoms with E-state index in [-0.39, 0.29) is 24.3 Å². The zero-order chi connectivity index (χ0) is 20.5. The molecule has 2 heterocycles. The lowest BCUT2D eigenvalue weighted by atomic mass is 10.1. The lowest BCUT2D eigenvalue weighted by Crippen LogP contribution is -2.31. The molecule has 0 bridgehead atoms. The van der Waals surface area contributed by atoms with Crippen LogP contribution in [-0.2, 0) is 11.4 Å². The number of carbonyl (C=O) groups is 2. The Balaban J connectivity index is 1.40. The number of ether oxygens (including phenoxy) is 1. The molecule has 29 heavy (non-hydrogen) atoms. The number of pyridine rings is 1. The number of thiophene rings is 1. The average Bonchev–Trinajstić information content (AvgIpc) is 3.28. The molecule has 1 aromatic carbocycles. The molecule has 2 amide bonds. The van der Waals surface area contributed by atoms with Crippen LogP contribution in [0.3, 0.4) is 0 Å². The first-order valence-corrected chi connectivity index (χ1v) is 10.3. The third-order valence-electron chi connectivity index (χ3n) is 4.31. The van der Waals surface area contributed by atoms with Gasteiger partial charge in [-0.25, -0.2) is 0 Å². The van der Waals surface area contributed by atoms with Crippen LogP contribution in [0.5, 0.6) is 5.75 Å². The molecule has 3 aromatic rings. The Kier molecular flexibility index (Phi) is 7.35. The van der Waals surface area contributed by atoms with Crippen LogP contribution in [0.1, 0.15) is 40.9 Å². The van der Waals surface area contributed by atoms with Gasteiger partial charge < -0.3 is 15.4 Å². The van der Waals surface area contributed by atoms with Gasteiger partial charge in [0.1, 0.15) is 12.4 Å². The summed E-state index contributed by atoms with van der Waals surface area (Å²) in [6.45, 7) is 2.68. The summed E-state index contributed by atoms with van der Waals surface area (Å²) < 4.78 is 5.75. The van der Waals surface area contributed by atoms with Crippen LogP contribution >= 0.6 is 11.3 Å². The van der Waals surface area contributed by atoms with Gasteiger partial charge in [0.05, 0.1) is 6.04 Å². The normalized spacial score (nSPS) is 11.5. The SMILES string of the molecule is CC(NC(=O)CCNC(=O)c1ccsc1)c1ccc(OCc2cccnc2)cc1. The van der Waals surface area contributed by atoms with Gasteiger partial charge >= 0.3 is 0 Å². The number of rotatable bonds is 9. The van der Waals surface area contributed by atoms with E-state index in [0.29, 0.717) is 18.7 Å². The van der Waals surface area contributed by atoms with Gasteiger partial charge in [-0.15, -0.1) is 0 Å². The average molecular weight is 410 g/mol. The Morgan fingerprint density at radius 2 is 2.00 bits per heavy atom. The summed E-state index contributed by atoms with van der Waals surface area (Å²) in [6.07, 6.45) is 3.73. The molecule has 0 saturated carbocycles. The number of nitrogens with zero attached hydrogens (tertiary/aromatic N) is 1. The smallest absolute Gasteiger partial charge is 0.252 e. The van der Waals surface area contributed by atoms with E-state index < -0.39 is 0 Å². The fourth-order valence-electron chi connectivity index (χ4n) is 2.69. The maximum absolute atomic E-state index is 12.1. The molecule has 1 atom stereocenters. The highest BCUT2D eigenvalue weighted by Crippen LogP contribution is 2.18. The molecule has 2 aromatic heterocycles. The Hall–Kier alpha value is -3.19. The van der Waals surface area contributed by atoms with Crippen LogP contribution in [0, 0.1) is 0 Å². The largest absolute Gasteiger partial charge is 0.489 e. The van der Waals surface area contributed by atoms with Gasteiger partial charge in [-0.1, -0.05) is 18.2 Å². The van der Waals surface area contributed by atoms with Gasteiger partial charge in [0, 0.05) is 41.9 Å². The molecule has 0 spiro atoms. The van der Waals surface area contributed by atoms with Crippen molar-refractivity contribution in [2.45, 2.75) is 26.0 Å². The third-order valence-corrected chi connectivity index (χ3v) is 4.99. The first-order valence-electron chi connectivity index (χ1n) is 9.33. The Morgan fingerprint density at radius 3 is 2.69 bits per heavy atom. The summed E-state index contributed by atoms with van der Waals surface area (Å²) in [4.78, 5) is 28.0. The standard InChI is InChI=1S/C22H23N3O3S/c1-16(25-21(26)8-11-24-22(27)19-9-12-29-15-19)18-4-6-20(7-5-18)28-14-17-3-2-10-23-13-17/h2-7,9-10,12-13,15-16H,8,11,14H2,1H3,(H,24,27)(H,25,26). The zero-order valence-electron chi connectivity index (χ0n) is 16.1. The number of carbonyl (C=O) groups excluding carboxylic acids is 2. The van der Waals surface area contributed by atoms with Crippen LogP contribution in [0.2, 0.25) is 0 Å². The van der Waals surface area contributed by atoms with Crippen molar-refractivity contribution in [2.75, 3.05) is 6.54 Å². The summed E-state index contributed by atoms with van der Waals surface area (Å²) in [7, 11) is 0. The second-order valence-corrected chi connectivity index (χ2v) is 7.31. The predicted molar refractivity (Wildman–Crippen MR) is 113 cm³/mol. The Labute approximate surface area is 173 Å². The van der Waals surface area contributed by atoms with Crippen LogP contribution in [0.25, 0.3) is 0 Å². The first kappa shape index (κ1) is 20.5. The number of hydrogen-bond acceptors (Lipinski definition) is 5. The predicted octanol–water partition coefficient (Wildman–Crippen LogP) is 3.72. The number of hydrogen-bond donors (Lipinski definition) is 2. The number of nitrogens with one attached hydrogen (secondary N) is 2. The molecule has 150 valence electrons. The molecule has 0 fully saturated rings. The van der Waals surface area contributed by atoms with Crippen molar-refractivity contribution in [3.63, 3.8) is 0 Å². The van der Waals surface area contributed by atoms with Crippen LogP contribution in [0.15, 0.2) is 65.6 Å². The van der Waals surface area contributed by atoms with Crippen molar-refractivity contribution >= 4 is 23.2 Å². The minimum absolute atomic E-state index is 0.111. The van der Waals surface area contributed by atoms with Crippen molar-refractivity contribution in [3.05, 3.63) is 82.3 Å². The van der Waals surface area contributed by atoms with Gasteiger partial charge in [0.25, 0.3) is 5.91 Å². The van der Waals surface area contributed by atoms with Gasteiger partial charge in [-0.2, -0.15) is 11.3 Å². The summed E-state index contributed by atoms with van der Waals surface area (Å²) in [5.41, 5.74) is 2.60. The summed E-state index contributed by atoms with van der Waals surface area (Å²) in [6, 6.07) is 13.1. The Morgan fingerprint density at radius 1 is 1.17 bits per heavy atom. The summed E-state index contributed by atoms with van der Waals surface area (Å²) in [5, 5.41) is 9.32.